The van der Waals surface area contributed by atoms with Crippen molar-refractivity contribution in [1.29, 1.82) is 0 Å². The Morgan fingerprint density at radius 3 is 2.52 bits per heavy atom. The van der Waals surface area contributed by atoms with Gasteiger partial charge in [-0.2, -0.15) is 0 Å². The van der Waals surface area contributed by atoms with Crippen LogP contribution in [0.3, 0.4) is 0 Å². The lowest BCUT2D eigenvalue weighted by atomic mass is 10.1. The molecule has 0 spiro atoms. The standard InChI is InChI=1S/C16H18N2O3/c1-3-21-12-9-7-11(8-10-12)18-16(19)15-13(17)5-4-6-14(15)20-2/h4-10H,3,17H2,1-2H3,(H,18,19). The number of amides is 1. The van der Waals surface area contributed by atoms with Crippen molar-refractivity contribution in [2.45, 2.75) is 6.92 Å². The van der Waals surface area contributed by atoms with Gasteiger partial charge in [0.15, 0.2) is 0 Å². The highest BCUT2D eigenvalue weighted by molar-refractivity contribution is 6.09. The summed E-state index contributed by atoms with van der Waals surface area (Å²) in [7, 11) is 1.50. The Labute approximate surface area is 123 Å². The van der Waals surface area contributed by atoms with E-state index < -0.39 is 0 Å². The van der Waals surface area contributed by atoms with Gasteiger partial charge in [0.1, 0.15) is 17.1 Å². The fourth-order valence-electron chi connectivity index (χ4n) is 1.96. The molecule has 1 amide bonds. The Kier molecular flexibility index (Phi) is 4.66. The molecule has 0 aliphatic rings. The number of carbonyl (C=O) groups excluding carboxylic acids is 1. The van der Waals surface area contributed by atoms with E-state index in [0.717, 1.165) is 5.75 Å². The average Bonchev–Trinajstić information content (AvgIpc) is 2.49. The molecule has 0 heterocycles. The van der Waals surface area contributed by atoms with Crippen LogP contribution in [0.25, 0.3) is 0 Å². The zero-order valence-corrected chi connectivity index (χ0v) is 12.1. The van der Waals surface area contributed by atoms with Crippen LogP contribution in [-0.4, -0.2) is 19.6 Å². The molecule has 0 bridgehead atoms. The van der Waals surface area contributed by atoms with Crippen LogP contribution in [0.2, 0.25) is 0 Å². The third-order valence-electron chi connectivity index (χ3n) is 2.93. The third kappa shape index (κ3) is 3.45. The number of anilines is 2. The molecule has 5 heteroatoms. The van der Waals surface area contributed by atoms with E-state index in [1.807, 2.05) is 6.92 Å². The highest BCUT2D eigenvalue weighted by Crippen LogP contribution is 2.25. The first-order valence-corrected chi connectivity index (χ1v) is 6.62. The molecule has 110 valence electrons. The van der Waals surface area contributed by atoms with E-state index in [9.17, 15) is 4.79 Å². The van der Waals surface area contributed by atoms with Gasteiger partial charge in [-0.25, -0.2) is 0 Å². The third-order valence-corrected chi connectivity index (χ3v) is 2.93. The van der Waals surface area contributed by atoms with E-state index >= 15 is 0 Å². The molecule has 0 atom stereocenters. The summed E-state index contributed by atoms with van der Waals surface area (Å²) in [6.07, 6.45) is 0. The maximum Gasteiger partial charge on any atom is 0.261 e. The summed E-state index contributed by atoms with van der Waals surface area (Å²) in [4.78, 5) is 12.3. The van der Waals surface area contributed by atoms with E-state index in [1.165, 1.54) is 7.11 Å². The lowest BCUT2D eigenvalue weighted by Gasteiger charge is -2.12. The molecule has 0 saturated heterocycles. The number of methoxy groups -OCH3 is 1. The van der Waals surface area contributed by atoms with Gasteiger partial charge in [-0.3, -0.25) is 4.79 Å². The maximum absolute atomic E-state index is 12.3. The van der Waals surface area contributed by atoms with Crippen molar-refractivity contribution in [3.63, 3.8) is 0 Å². The molecular weight excluding hydrogens is 268 g/mol. The lowest BCUT2D eigenvalue weighted by molar-refractivity contribution is 0.102. The van der Waals surface area contributed by atoms with Gasteiger partial charge in [0.05, 0.1) is 13.7 Å². The first kappa shape index (κ1) is 14.7. The van der Waals surface area contributed by atoms with Crippen molar-refractivity contribution in [3.8, 4) is 11.5 Å². The number of carbonyl (C=O) groups is 1. The van der Waals surface area contributed by atoms with Gasteiger partial charge in [0, 0.05) is 11.4 Å². The van der Waals surface area contributed by atoms with Crippen LogP contribution in [-0.2, 0) is 0 Å². The Balaban J connectivity index is 2.18. The van der Waals surface area contributed by atoms with Crippen molar-refractivity contribution in [1.82, 2.24) is 0 Å². The number of rotatable bonds is 5. The smallest absolute Gasteiger partial charge is 0.261 e. The van der Waals surface area contributed by atoms with Crippen LogP contribution < -0.4 is 20.5 Å². The zero-order chi connectivity index (χ0) is 15.2. The molecule has 2 rings (SSSR count). The number of nitrogens with one attached hydrogen (secondary N) is 1. The molecule has 0 fully saturated rings. The molecule has 0 saturated carbocycles. The number of hydrogen-bond acceptors (Lipinski definition) is 4. The van der Waals surface area contributed by atoms with E-state index in [1.54, 1.807) is 42.5 Å². The largest absolute Gasteiger partial charge is 0.496 e. The molecule has 2 aromatic carbocycles. The molecular formula is C16H18N2O3. The van der Waals surface area contributed by atoms with Gasteiger partial charge in [0.25, 0.3) is 5.91 Å². The maximum atomic E-state index is 12.3. The number of benzene rings is 2. The highest BCUT2D eigenvalue weighted by atomic mass is 16.5. The molecule has 0 unspecified atom stereocenters. The summed E-state index contributed by atoms with van der Waals surface area (Å²) in [6, 6.07) is 12.2. The Morgan fingerprint density at radius 2 is 1.90 bits per heavy atom. The van der Waals surface area contributed by atoms with Gasteiger partial charge >= 0.3 is 0 Å². The first-order valence-electron chi connectivity index (χ1n) is 6.62. The second kappa shape index (κ2) is 6.65. The zero-order valence-electron chi connectivity index (χ0n) is 12.1. The van der Waals surface area contributed by atoms with Crippen molar-refractivity contribution in [3.05, 3.63) is 48.0 Å². The van der Waals surface area contributed by atoms with E-state index in [4.69, 9.17) is 15.2 Å². The van der Waals surface area contributed by atoms with Crippen molar-refractivity contribution < 1.29 is 14.3 Å². The van der Waals surface area contributed by atoms with Gasteiger partial charge in [-0.15, -0.1) is 0 Å². The van der Waals surface area contributed by atoms with Crippen LogP contribution in [0.15, 0.2) is 42.5 Å². The van der Waals surface area contributed by atoms with Crippen LogP contribution >= 0.6 is 0 Å². The fourth-order valence-corrected chi connectivity index (χ4v) is 1.96. The first-order chi connectivity index (χ1) is 10.2. The Morgan fingerprint density at radius 1 is 1.19 bits per heavy atom. The van der Waals surface area contributed by atoms with Crippen LogP contribution in [0, 0.1) is 0 Å². The van der Waals surface area contributed by atoms with Crippen LogP contribution in [0.5, 0.6) is 11.5 Å². The lowest BCUT2D eigenvalue weighted by Crippen LogP contribution is -2.15. The monoisotopic (exact) mass is 286 g/mol. The average molecular weight is 286 g/mol. The van der Waals surface area contributed by atoms with E-state index in [-0.39, 0.29) is 5.91 Å². The molecule has 21 heavy (non-hydrogen) atoms. The summed E-state index contributed by atoms with van der Waals surface area (Å²) in [5, 5.41) is 2.79. The van der Waals surface area contributed by atoms with Gasteiger partial charge < -0.3 is 20.5 Å². The highest BCUT2D eigenvalue weighted by Gasteiger charge is 2.15. The fraction of sp³-hybridized carbons (Fsp3) is 0.188. The Hall–Kier alpha value is -2.69. The quantitative estimate of drug-likeness (QED) is 0.829. The van der Waals surface area contributed by atoms with Crippen LogP contribution in [0.1, 0.15) is 17.3 Å². The van der Waals surface area contributed by atoms with Crippen molar-refractivity contribution in [2.24, 2.45) is 0 Å². The minimum atomic E-state index is -0.311. The number of nitrogens with two attached hydrogens (primary N) is 1. The SMILES string of the molecule is CCOc1ccc(NC(=O)c2c(N)cccc2OC)cc1. The predicted molar refractivity (Wildman–Crippen MR) is 83.0 cm³/mol. The van der Waals surface area contributed by atoms with Crippen LogP contribution in [0.4, 0.5) is 11.4 Å². The van der Waals surface area contributed by atoms with E-state index in [2.05, 4.69) is 5.32 Å². The summed E-state index contributed by atoms with van der Waals surface area (Å²) in [5.41, 5.74) is 7.22. The molecule has 3 N–H and O–H groups in total. The molecule has 0 aliphatic carbocycles. The predicted octanol–water partition coefficient (Wildman–Crippen LogP) is 2.93. The van der Waals surface area contributed by atoms with Crippen molar-refractivity contribution >= 4 is 17.3 Å². The molecule has 0 aromatic heterocycles. The summed E-state index contributed by atoms with van der Waals surface area (Å²) >= 11 is 0. The molecule has 5 nitrogen and oxygen atoms in total. The number of nitrogen functional groups attached to an aromatic ring is 1. The second-order valence-corrected chi connectivity index (χ2v) is 4.34. The minimum absolute atomic E-state index is 0.311. The molecule has 0 radical (unpaired) electrons. The number of ether oxygens (including phenoxy) is 2. The minimum Gasteiger partial charge on any atom is -0.496 e. The summed E-state index contributed by atoms with van der Waals surface area (Å²) in [6.45, 7) is 2.52. The summed E-state index contributed by atoms with van der Waals surface area (Å²) in [5.74, 6) is 0.889. The number of hydrogen-bond donors (Lipinski definition) is 2. The van der Waals surface area contributed by atoms with E-state index in [0.29, 0.717) is 29.3 Å². The van der Waals surface area contributed by atoms with Gasteiger partial charge in [-0.05, 0) is 43.3 Å². The topological polar surface area (TPSA) is 73.6 Å². The van der Waals surface area contributed by atoms with Crippen molar-refractivity contribution in [2.75, 3.05) is 24.8 Å². The van der Waals surface area contributed by atoms with Gasteiger partial charge in [0.2, 0.25) is 0 Å². The molecule has 0 aliphatic heterocycles. The molecule has 2 aromatic rings. The Bertz CT molecular complexity index is 624. The second-order valence-electron chi connectivity index (χ2n) is 4.34. The van der Waals surface area contributed by atoms with Gasteiger partial charge in [-0.1, -0.05) is 6.07 Å². The summed E-state index contributed by atoms with van der Waals surface area (Å²) < 4.78 is 10.5. The normalized spacial score (nSPS) is 10.0.